The molecule has 0 bridgehead atoms. The summed E-state index contributed by atoms with van der Waals surface area (Å²) in [7, 11) is 1.55. The van der Waals surface area contributed by atoms with Crippen molar-refractivity contribution < 1.29 is 14.6 Å². The number of aromatic hydroxyl groups is 1. The third-order valence-corrected chi connectivity index (χ3v) is 4.09. The van der Waals surface area contributed by atoms with Gasteiger partial charge in [0.25, 0.3) is 5.91 Å². The molecule has 1 aliphatic heterocycles. The van der Waals surface area contributed by atoms with Gasteiger partial charge in [0, 0.05) is 19.1 Å². The van der Waals surface area contributed by atoms with E-state index in [-0.39, 0.29) is 11.7 Å². The first-order valence-electron chi connectivity index (χ1n) is 7.46. The topological polar surface area (TPSA) is 61.8 Å². The number of methoxy groups -OCH3 is 1. The van der Waals surface area contributed by atoms with Crippen LogP contribution in [0, 0.1) is 5.92 Å². The summed E-state index contributed by atoms with van der Waals surface area (Å²) in [6, 6.07) is 5.20. The molecule has 0 saturated carbocycles. The molecule has 1 aliphatic rings. The second-order valence-electron chi connectivity index (χ2n) is 5.56. The van der Waals surface area contributed by atoms with Gasteiger partial charge in [0.15, 0.2) is 0 Å². The molecule has 0 aliphatic carbocycles. The summed E-state index contributed by atoms with van der Waals surface area (Å²) in [4.78, 5) is 14.4. The molecular weight excluding hydrogens is 268 g/mol. The molecule has 21 heavy (non-hydrogen) atoms. The van der Waals surface area contributed by atoms with E-state index >= 15 is 0 Å². The van der Waals surface area contributed by atoms with E-state index in [1.54, 1.807) is 19.2 Å². The number of ether oxygens (including phenoxy) is 1. The monoisotopic (exact) mass is 292 g/mol. The predicted molar refractivity (Wildman–Crippen MR) is 81.8 cm³/mol. The molecule has 2 rings (SSSR count). The van der Waals surface area contributed by atoms with Gasteiger partial charge in [0.2, 0.25) is 0 Å². The molecule has 1 saturated heterocycles. The Morgan fingerprint density at radius 3 is 2.90 bits per heavy atom. The molecule has 1 heterocycles. The van der Waals surface area contributed by atoms with Gasteiger partial charge in [-0.2, -0.15) is 0 Å². The summed E-state index contributed by atoms with van der Waals surface area (Å²) in [5.41, 5.74) is 0.309. The first kappa shape index (κ1) is 15.6. The minimum Gasteiger partial charge on any atom is -0.507 e. The van der Waals surface area contributed by atoms with E-state index in [0.717, 1.165) is 13.0 Å². The van der Waals surface area contributed by atoms with Gasteiger partial charge in [0.05, 0.1) is 12.7 Å². The van der Waals surface area contributed by atoms with E-state index in [0.29, 0.717) is 36.4 Å². The molecule has 116 valence electrons. The Kier molecular flexibility index (Phi) is 5.07. The van der Waals surface area contributed by atoms with E-state index in [1.165, 1.54) is 6.07 Å². The number of carbonyl (C=O) groups is 1. The zero-order valence-corrected chi connectivity index (χ0v) is 12.9. The smallest absolute Gasteiger partial charge is 0.257 e. The van der Waals surface area contributed by atoms with Crippen LogP contribution in [0.5, 0.6) is 11.5 Å². The largest absolute Gasteiger partial charge is 0.507 e. The normalized spacial score (nSPS) is 22.1. The number of nitrogens with zero attached hydrogens (tertiary/aromatic N) is 1. The average Bonchev–Trinajstić information content (AvgIpc) is 2.49. The number of carbonyl (C=O) groups excluding carboxylic acids is 1. The maximum atomic E-state index is 12.6. The van der Waals surface area contributed by atoms with E-state index in [2.05, 4.69) is 19.2 Å². The molecule has 2 atom stereocenters. The second kappa shape index (κ2) is 6.80. The number of hydrogen-bond donors (Lipinski definition) is 2. The molecule has 1 amide bonds. The standard InChI is InChI=1S/C16H24N2O3/c1-4-17-14-7-8-18(10-11(14)2)16(20)13-9-12(21-3)5-6-15(13)19/h5-6,9,11,14,17,19H,4,7-8,10H2,1-3H3. The van der Waals surface area contributed by atoms with Crippen molar-refractivity contribution in [2.45, 2.75) is 26.3 Å². The molecule has 1 aromatic rings. The quantitative estimate of drug-likeness (QED) is 0.889. The van der Waals surface area contributed by atoms with Crippen molar-refractivity contribution in [2.75, 3.05) is 26.7 Å². The summed E-state index contributed by atoms with van der Waals surface area (Å²) in [6.45, 7) is 6.60. The Balaban J connectivity index is 2.11. The number of phenols is 1. The lowest BCUT2D eigenvalue weighted by molar-refractivity contribution is 0.0643. The Bertz CT molecular complexity index is 504. The summed E-state index contributed by atoms with van der Waals surface area (Å²) in [5.74, 6) is 0.845. The molecule has 0 aromatic heterocycles. The Morgan fingerprint density at radius 1 is 1.52 bits per heavy atom. The molecule has 2 unspecified atom stereocenters. The van der Waals surface area contributed by atoms with Crippen LogP contribution in [0.15, 0.2) is 18.2 Å². The number of likely N-dealkylation sites (tertiary alicyclic amines) is 1. The van der Waals surface area contributed by atoms with Crippen LogP contribution in [-0.2, 0) is 0 Å². The third kappa shape index (κ3) is 3.47. The molecule has 2 N–H and O–H groups in total. The minimum atomic E-state index is -0.131. The van der Waals surface area contributed by atoms with Crippen LogP contribution in [0.25, 0.3) is 0 Å². The zero-order valence-electron chi connectivity index (χ0n) is 12.9. The van der Waals surface area contributed by atoms with Gasteiger partial charge >= 0.3 is 0 Å². The summed E-state index contributed by atoms with van der Waals surface area (Å²) in [5, 5.41) is 13.4. The molecule has 0 spiro atoms. The van der Waals surface area contributed by atoms with Gasteiger partial charge in [-0.1, -0.05) is 13.8 Å². The van der Waals surface area contributed by atoms with Gasteiger partial charge in [-0.3, -0.25) is 4.79 Å². The fourth-order valence-electron chi connectivity index (χ4n) is 2.88. The third-order valence-electron chi connectivity index (χ3n) is 4.09. The molecule has 1 aromatic carbocycles. The first-order chi connectivity index (χ1) is 10.1. The molecule has 1 fully saturated rings. The fraction of sp³-hybridized carbons (Fsp3) is 0.562. The summed E-state index contributed by atoms with van der Waals surface area (Å²) >= 11 is 0. The maximum Gasteiger partial charge on any atom is 0.257 e. The van der Waals surface area contributed by atoms with Crippen LogP contribution in [0.1, 0.15) is 30.6 Å². The Morgan fingerprint density at radius 2 is 2.29 bits per heavy atom. The summed E-state index contributed by atoms with van der Waals surface area (Å²) in [6.07, 6.45) is 0.936. The maximum absolute atomic E-state index is 12.6. The van der Waals surface area contributed by atoms with Gasteiger partial charge in [-0.25, -0.2) is 0 Å². The molecule has 5 heteroatoms. The fourth-order valence-corrected chi connectivity index (χ4v) is 2.88. The number of amides is 1. The number of piperidine rings is 1. The highest BCUT2D eigenvalue weighted by Crippen LogP contribution is 2.26. The van der Waals surface area contributed by atoms with Crippen molar-refractivity contribution in [1.29, 1.82) is 0 Å². The van der Waals surface area contributed by atoms with Gasteiger partial charge in [-0.15, -0.1) is 0 Å². The van der Waals surface area contributed by atoms with E-state index in [1.807, 2.05) is 4.90 Å². The second-order valence-corrected chi connectivity index (χ2v) is 5.56. The number of phenolic OH excluding ortho intramolecular Hbond substituents is 1. The lowest BCUT2D eigenvalue weighted by Gasteiger charge is -2.37. The molecule has 5 nitrogen and oxygen atoms in total. The highest BCUT2D eigenvalue weighted by atomic mass is 16.5. The van der Waals surface area contributed by atoms with Crippen molar-refractivity contribution in [3.8, 4) is 11.5 Å². The number of rotatable bonds is 4. The van der Waals surface area contributed by atoms with Crippen molar-refractivity contribution >= 4 is 5.91 Å². The SMILES string of the molecule is CCNC1CCN(C(=O)c2cc(OC)ccc2O)CC1C. The first-order valence-corrected chi connectivity index (χ1v) is 7.46. The highest BCUT2D eigenvalue weighted by molar-refractivity contribution is 5.97. The Hall–Kier alpha value is -1.75. The van der Waals surface area contributed by atoms with Gasteiger partial charge < -0.3 is 20.1 Å². The van der Waals surface area contributed by atoms with Crippen molar-refractivity contribution in [3.05, 3.63) is 23.8 Å². The highest BCUT2D eigenvalue weighted by Gasteiger charge is 2.29. The minimum absolute atomic E-state index is 0.00209. The molecule has 0 radical (unpaired) electrons. The lowest BCUT2D eigenvalue weighted by atomic mass is 9.93. The molecular formula is C16H24N2O3. The number of nitrogens with one attached hydrogen (secondary N) is 1. The van der Waals surface area contributed by atoms with Crippen molar-refractivity contribution in [3.63, 3.8) is 0 Å². The Labute approximate surface area is 125 Å². The van der Waals surface area contributed by atoms with Crippen molar-refractivity contribution in [1.82, 2.24) is 10.2 Å². The van der Waals surface area contributed by atoms with Crippen LogP contribution in [0.4, 0.5) is 0 Å². The summed E-state index contributed by atoms with van der Waals surface area (Å²) < 4.78 is 5.13. The number of hydrogen-bond acceptors (Lipinski definition) is 4. The van der Waals surface area contributed by atoms with Gasteiger partial charge in [-0.05, 0) is 37.1 Å². The van der Waals surface area contributed by atoms with Gasteiger partial charge in [0.1, 0.15) is 11.5 Å². The van der Waals surface area contributed by atoms with Crippen LogP contribution in [0.3, 0.4) is 0 Å². The van der Waals surface area contributed by atoms with E-state index < -0.39 is 0 Å². The van der Waals surface area contributed by atoms with E-state index in [9.17, 15) is 9.90 Å². The van der Waals surface area contributed by atoms with Crippen LogP contribution in [-0.4, -0.2) is 48.7 Å². The van der Waals surface area contributed by atoms with Crippen molar-refractivity contribution in [2.24, 2.45) is 5.92 Å². The van der Waals surface area contributed by atoms with Crippen LogP contribution in [0.2, 0.25) is 0 Å². The average molecular weight is 292 g/mol. The van der Waals surface area contributed by atoms with Crippen LogP contribution >= 0.6 is 0 Å². The number of benzene rings is 1. The zero-order chi connectivity index (χ0) is 15.4. The predicted octanol–water partition coefficient (Wildman–Crippen LogP) is 1.86. The van der Waals surface area contributed by atoms with Crippen LogP contribution < -0.4 is 10.1 Å². The van der Waals surface area contributed by atoms with E-state index in [4.69, 9.17) is 4.74 Å². The lowest BCUT2D eigenvalue weighted by Crippen LogP contribution is -2.50.